The molecule has 0 aliphatic rings. The average Bonchev–Trinajstić information content (AvgIpc) is 2.77. The summed E-state index contributed by atoms with van der Waals surface area (Å²) < 4.78 is 2.60. The van der Waals surface area contributed by atoms with E-state index >= 15 is 0 Å². The van der Waals surface area contributed by atoms with Gasteiger partial charge in [-0.1, -0.05) is 6.92 Å². The van der Waals surface area contributed by atoms with Gasteiger partial charge < -0.3 is 5.32 Å². The highest BCUT2D eigenvalue weighted by atomic mass is 79.9. The molecule has 0 amide bonds. The Hall–Kier alpha value is -1.27. The summed E-state index contributed by atoms with van der Waals surface area (Å²) in [5.41, 5.74) is 0.938. The number of hydrogen-bond acceptors (Lipinski definition) is 4. The normalized spacial score (nSPS) is 10.7. The minimum absolute atomic E-state index is 0.718. The second-order valence-electron chi connectivity index (χ2n) is 3.65. The third-order valence-corrected chi connectivity index (χ3v) is 2.62. The first kappa shape index (κ1) is 12.2. The molecule has 0 aromatic carbocycles. The minimum atomic E-state index is 0.718. The Kier molecular flexibility index (Phi) is 4.22. The first-order chi connectivity index (χ1) is 8.29. The summed E-state index contributed by atoms with van der Waals surface area (Å²) in [5, 5.41) is 7.43. The number of nitrogens with zero attached hydrogens (tertiary/aromatic N) is 4. The van der Waals surface area contributed by atoms with E-state index in [-0.39, 0.29) is 0 Å². The van der Waals surface area contributed by atoms with Gasteiger partial charge in [-0.15, -0.1) is 0 Å². The van der Waals surface area contributed by atoms with E-state index in [1.165, 1.54) is 0 Å². The maximum atomic E-state index is 4.34. The summed E-state index contributed by atoms with van der Waals surface area (Å²) in [6.07, 6.45) is 8.18. The van der Waals surface area contributed by atoms with Crippen molar-refractivity contribution < 1.29 is 0 Å². The van der Waals surface area contributed by atoms with Crippen LogP contribution in [0.2, 0.25) is 0 Å². The zero-order valence-corrected chi connectivity index (χ0v) is 11.2. The molecule has 0 saturated carbocycles. The summed E-state index contributed by atoms with van der Waals surface area (Å²) in [6.45, 7) is 3.89. The van der Waals surface area contributed by atoms with Gasteiger partial charge in [-0.25, -0.2) is 9.67 Å². The van der Waals surface area contributed by atoms with Crippen molar-refractivity contribution in [2.75, 3.05) is 6.54 Å². The standard InChI is InChI=1S/C11H14BrN5/c1-2-3-13-5-10-6-15-11(7-14-10)17-8-9(12)4-16-17/h4,6-8,13H,2-3,5H2,1H3. The van der Waals surface area contributed by atoms with Crippen LogP contribution in [0, 0.1) is 0 Å². The molecule has 0 saturated heterocycles. The molecule has 0 unspecified atom stereocenters. The van der Waals surface area contributed by atoms with Crippen molar-refractivity contribution in [3.63, 3.8) is 0 Å². The second kappa shape index (κ2) is 5.88. The van der Waals surface area contributed by atoms with Crippen LogP contribution in [-0.4, -0.2) is 26.3 Å². The molecule has 0 fully saturated rings. The van der Waals surface area contributed by atoms with Crippen molar-refractivity contribution in [1.82, 2.24) is 25.1 Å². The highest BCUT2D eigenvalue weighted by Gasteiger charge is 2.01. The van der Waals surface area contributed by atoms with Crippen LogP contribution in [0.1, 0.15) is 19.0 Å². The highest BCUT2D eigenvalue weighted by molar-refractivity contribution is 9.10. The maximum Gasteiger partial charge on any atom is 0.171 e. The largest absolute Gasteiger partial charge is 0.311 e. The van der Waals surface area contributed by atoms with E-state index in [4.69, 9.17) is 0 Å². The Morgan fingerprint density at radius 3 is 2.76 bits per heavy atom. The highest BCUT2D eigenvalue weighted by Crippen LogP contribution is 2.09. The van der Waals surface area contributed by atoms with Crippen LogP contribution < -0.4 is 5.32 Å². The Morgan fingerprint density at radius 1 is 1.29 bits per heavy atom. The van der Waals surface area contributed by atoms with Crippen molar-refractivity contribution in [3.8, 4) is 5.82 Å². The van der Waals surface area contributed by atoms with E-state index in [2.05, 4.69) is 43.2 Å². The molecular formula is C11H14BrN5. The predicted molar refractivity (Wildman–Crippen MR) is 68.9 cm³/mol. The topological polar surface area (TPSA) is 55.6 Å². The van der Waals surface area contributed by atoms with Crippen molar-refractivity contribution >= 4 is 15.9 Å². The molecule has 0 aliphatic carbocycles. The Labute approximate surface area is 108 Å². The van der Waals surface area contributed by atoms with Crippen LogP contribution in [0.5, 0.6) is 0 Å². The van der Waals surface area contributed by atoms with Gasteiger partial charge in [-0.05, 0) is 28.9 Å². The summed E-state index contributed by atoms with van der Waals surface area (Å²) >= 11 is 3.34. The lowest BCUT2D eigenvalue weighted by molar-refractivity contribution is 0.660. The SMILES string of the molecule is CCCNCc1cnc(-n2cc(Br)cn2)cn1. The van der Waals surface area contributed by atoms with E-state index in [0.29, 0.717) is 0 Å². The molecule has 0 bridgehead atoms. The molecule has 0 atom stereocenters. The Bertz CT molecular complexity index is 465. The molecule has 0 aliphatic heterocycles. The van der Waals surface area contributed by atoms with Crippen LogP contribution in [-0.2, 0) is 6.54 Å². The molecule has 6 heteroatoms. The fourth-order valence-electron chi connectivity index (χ4n) is 1.38. The molecule has 2 heterocycles. The first-order valence-corrected chi connectivity index (χ1v) is 6.31. The van der Waals surface area contributed by atoms with Crippen LogP contribution in [0.15, 0.2) is 29.3 Å². The molecule has 1 N–H and O–H groups in total. The number of rotatable bonds is 5. The number of hydrogen-bond donors (Lipinski definition) is 1. The molecule has 17 heavy (non-hydrogen) atoms. The quantitative estimate of drug-likeness (QED) is 0.857. The van der Waals surface area contributed by atoms with Gasteiger partial charge in [0.25, 0.3) is 0 Å². The van der Waals surface area contributed by atoms with Gasteiger partial charge in [0.15, 0.2) is 5.82 Å². The zero-order valence-electron chi connectivity index (χ0n) is 9.60. The minimum Gasteiger partial charge on any atom is -0.311 e. The fourth-order valence-corrected chi connectivity index (χ4v) is 1.66. The zero-order chi connectivity index (χ0) is 12.1. The van der Waals surface area contributed by atoms with E-state index in [1.807, 2.05) is 6.20 Å². The van der Waals surface area contributed by atoms with Gasteiger partial charge in [-0.2, -0.15) is 5.10 Å². The lowest BCUT2D eigenvalue weighted by Gasteiger charge is -2.03. The van der Waals surface area contributed by atoms with Crippen molar-refractivity contribution in [3.05, 3.63) is 35.0 Å². The Balaban J connectivity index is 2.02. The average molecular weight is 296 g/mol. The third-order valence-electron chi connectivity index (χ3n) is 2.21. The van der Waals surface area contributed by atoms with Crippen LogP contribution in [0.3, 0.4) is 0 Å². The molecule has 0 radical (unpaired) electrons. The van der Waals surface area contributed by atoms with E-state index in [1.54, 1.807) is 23.3 Å². The van der Waals surface area contributed by atoms with Gasteiger partial charge >= 0.3 is 0 Å². The molecular weight excluding hydrogens is 282 g/mol. The summed E-state index contributed by atoms with van der Waals surface area (Å²) in [4.78, 5) is 8.65. The number of nitrogens with one attached hydrogen (secondary N) is 1. The van der Waals surface area contributed by atoms with Crippen LogP contribution in [0.4, 0.5) is 0 Å². The van der Waals surface area contributed by atoms with Crippen molar-refractivity contribution in [1.29, 1.82) is 0 Å². The van der Waals surface area contributed by atoms with E-state index < -0.39 is 0 Å². The fraction of sp³-hybridized carbons (Fsp3) is 0.364. The summed E-state index contributed by atoms with van der Waals surface area (Å²) in [5.74, 6) is 0.718. The predicted octanol–water partition coefficient (Wildman–Crippen LogP) is 1.92. The van der Waals surface area contributed by atoms with Gasteiger partial charge in [0, 0.05) is 12.7 Å². The summed E-state index contributed by atoms with van der Waals surface area (Å²) in [7, 11) is 0. The monoisotopic (exact) mass is 295 g/mol. The van der Waals surface area contributed by atoms with Crippen LogP contribution in [0.25, 0.3) is 5.82 Å². The van der Waals surface area contributed by atoms with Gasteiger partial charge in [-0.3, -0.25) is 4.98 Å². The molecule has 2 aromatic rings. The van der Waals surface area contributed by atoms with E-state index in [9.17, 15) is 0 Å². The number of aromatic nitrogens is 4. The van der Waals surface area contributed by atoms with Gasteiger partial charge in [0.1, 0.15) is 0 Å². The Morgan fingerprint density at radius 2 is 2.18 bits per heavy atom. The van der Waals surface area contributed by atoms with Gasteiger partial charge in [0.05, 0.1) is 28.8 Å². The van der Waals surface area contributed by atoms with Crippen LogP contribution >= 0.6 is 15.9 Å². The third kappa shape index (κ3) is 3.34. The first-order valence-electron chi connectivity index (χ1n) is 5.52. The second-order valence-corrected chi connectivity index (χ2v) is 4.56. The molecule has 0 spiro atoms. The molecule has 5 nitrogen and oxygen atoms in total. The lowest BCUT2D eigenvalue weighted by atomic mass is 10.4. The molecule has 2 rings (SSSR count). The maximum absolute atomic E-state index is 4.34. The molecule has 2 aromatic heterocycles. The van der Waals surface area contributed by atoms with Crippen molar-refractivity contribution in [2.24, 2.45) is 0 Å². The van der Waals surface area contributed by atoms with Gasteiger partial charge in [0.2, 0.25) is 0 Å². The van der Waals surface area contributed by atoms with E-state index in [0.717, 1.165) is 35.5 Å². The number of halogens is 1. The lowest BCUT2D eigenvalue weighted by Crippen LogP contribution is -2.15. The summed E-state index contributed by atoms with van der Waals surface area (Å²) in [6, 6.07) is 0. The van der Waals surface area contributed by atoms with Crippen molar-refractivity contribution in [2.45, 2.75) is 19.9 Å². The smallest absolute Gasteiger partial charge is 0.171 e. The molecule has 90 valence electrons.